The van der Waals surface area contributed by atoms with Crippen LogP contribution in [-0.2, 0) is 7.05 Å². The van der Waals surface area contributed by atoms with Gasteiger partial charge in [0.25, 0.3) is 5.56 Å². The van der Waals surface area contributed by atoms with Crippen molar-refractivity contribution in [2.75, 3.05) is 13.1 Å². The minimum absolute atomic E-state index is 0.0825. The number of nitrogens with zero attached hydrogens (tertiary/aromatic N) is 5. The number of fused-ring (bicyclic) bond motifs is 2. The Hall–Kier alpha value is -3.26. The second-order valence-electron chi connectivity index (χ2n) is 7.31. The van der Waals surface area contributed by atoms with Crippen molar-refractivity contribution in [2.45, 2.75) is 19.4 Å². The van der Waals surface area contributed by atoms with E-state index in [2.05, 4.69) is 20.4 Å². The van der Waals surface area contributed by atoms with Crippen molar-refractivity contribution in [1.82, 2.24) is 29.6 Å². The van der Waals surface area contributed by atoms with E-state index in [-0.39, 0.29) is 17.4 Å². The summed E-state index contributed by atoms with van der Waals surface area (Å²) in [5.41, 5.74) is 2.45. The molecule has 0 radical (unpaired) electrons. The number of aromatic nitrogens is 5. The van der Waals surface area contributed by atoms with Gasteiger partial charge in [-0.2, -0.15) is 5.10 Å². The number of benzene rings is 1. The predicted molar refractivity (Wildman–Crippen MR) is 106 cm³/mol. The molecule has 1 fully saturated rings. The fourth-order valence-corrected chi connectivity index (χ4v) is 3.95. The van der Waals surface area contributed by atoms with Gasteiger partial charge in [0, 0.05) is 43.1 Å². The first-order valence-corrected chi connectivity index (χ1v) is 9.28. The lowest BCUT2D eigenvalue weighted by Gasteiger charge is -2.13. The van der Waals surface area contributed by atoms with Crippen LogP contribution in [0.4, 0.5) is 0 Å². The number of phenolic OH excluding ortho intramolecular Hbond substituents is 1. The normalized spacial score (nSPS) is 17.0. The minimum atomic E-state index is -0.0825. The van der Waals surface area contributed by atoms with E-state index in [1.54, 1.807) is 21.6 Å². The lowest BCUT2D eigenvalue weighted by Crippen LogP contribution is -2.26. The maximum Gasteiger partial charge on any atom is 0.261 e. The van der Waals surface area contributed by atoms with Crippen molar-refractivity contribution in [3.05, 3.63) is 46.6 Å². The highest BCUT2D eigenvalue weighted by Gasteiger charge is 2.20. The van der Waals surface area contributed by atoms with Crippen LogP contribution >= 0.6 is 0 Å². The summed E-state index contributed by atoms with van der Waals surface area (Å²) in [5, 5.41) is 19.7. The van der Waals surface area contributed by atoms with E-state index in [0.29, 0.717) is 27.9 Å². The predicted octanol–water partition coefficient (Wildman–Crippen LogP) is 1.89. The topological polar surface area (TPSA) is 97.9 Å². The summed E-state index contributed by atoms with van der Waals surface area (Å²) in [6.45, 7) is 3.53. The molecule has 0 amide bonds. The maximum absolute atomic E-state index is 12.9. The molecular formula is C20H20N6O2. The summed E-state index contributed by atoms with van der Waals surface area (Å²) in [6, 6.07) is 3.83. The zero-order valence-corrected chi connectivity index (χ0v) is 15.7. The Morgan fingerprint density at radius 2 is 2.21 bits per heavy atom. The molecule has 1 atom stereocenters. The van der Waals surface area contributed by atoms with Crippen molar-refractivity contribution in [1.29, 1.82) is 0 Å². The third-order valence-electron chi connectivity index (χ3n) is 5.47. The molecule has 0 aliphatic carbocycles. The smallest absolute Gasteiger partial charge is 0.261 e. The first kappa shape index (κ1) is 16.9. The second-order valence-corrected chi connectivity index (χ2v) is 7.31. The number of phenols is 1. The Morgan fingerprint density at radius 3 is 3.00 bits per heavy atom. The minimum Gasteiger partial charge on any atom is -0.507 e. The van der Waals surface area contributed by atoms with Crippen molar-refractivity contribution in [2.24, 2.45) is 7.05 Å². The lowest BCUT2D eigenvalue weighted by molar-refractivity contribution is 0.473. The molecule has 142 valence electrons. The van der Waals surface area contributed by atoms with Crippen LogP contribution in [0.3, 0.4) is 0 Å². The number of rotatable bonds is 2. The molecule has 8 nitrogen and oxygen atoms in total. The molecule has 3 aromatic heterocycles. The van der Waals surface area contributed by atoms with Crippen LogP contribution in [0.2, 0.25) is 0 Å². The van der Waals surface area contributed by atoms with Gasteiger partial charge in [0.15, 0.2) is 5.82 Å². The summed E-state index contributed by atoms with van der Waals surface area (Å²) < 4.78 is 3.47. The Kier molecular flexibility index (Phi) is 3.70. The average molecular weight is 376 g/mol. The molecule has 4 aromatic rings. The number of pyridine rings is 1. The number of hydrogen-bond donors (Lipinski definition) is 2. The molecule has 1 aromatic carbocycles. The van der Waals surface area contributed by atoms with Crippen LogP contribution in [0.15, 0.2) is 35.5 Å². The Morgan fingerprint density at radius 1 is 1.36 bits per heavy atom. The largest absolute Gasteiger partial charge is 0.507 e. The number of aryl methyl sites for hydroxylation is 2. The van der Waals surface area contributed by atoms with E-state index < -0.39 is 0 Å². The van der Waals surface area contributed by atoms with Gasteiger partial charge in [-0.1, -0.05) is 0 Å². The standard InChI is InChI=1S/C20H20N6O2/c1-11-17-12(10-25(2)24-17)7-14(18(11)27)19-22-9-15-16(23-19)4-6-26(20(15)28)13-3-5-21-8-13/h4,6-7,9-10,13,21,27H,3,5,8H2,1-2H3. The van der Waals surface area contributed by atoms with Gasteiger partial charge in [-0.15, -0.1) is 0 Å². The van der Waals surface area contributed by atoms with Crippen LogP contribution in [0.1, 0.15) is 18.0 Å². The van der Waals surface area contributed by atoms with E-state index in [1.807, 2.05) is 32.3 Å². The Labute approximate surface area is 160 Å². The molecule has 1 unspecified atom stereocenters. The fraction of sp³-hybridized carbons (Fsp3) is 0.300. The van der Waals surface area contributed by atoms with E-state index in [0.717, 1.165) is 30.4 Å². The van der Waals surface area contributed by atoms with E-state index in [1.165, 1.54) is 0 Å². The molecule has 1 saturated heterocycles. The summed E-state index contributed by atoms with van der Waals surface area (Å²) >= 11 is 0. The monoisotopic (exact) mass is 376 g/mol. The van der Waals surface area contributed by atoms with Crippen molar-refractivity contribution in [3.63, 3.8) is 0 Å². The SMILES string of the molecule is Cc1c(O)c(-c2ncc3c(=O)n(C4CCNC4)ccc3n2)cc2cn(C)nc12. The van der Waals surface area contributed by atoms with Gasteiger partial charge in [0.2, 0.25) is 0 Å². The molecule has 1 aliphatic heterocycles. The van der Waals surface area contributed by atoms with Crippen LogP contribution in [0, 0.1) is 6.92 Å². The molecule has 2 N–H and O–H groups in total. The third kappa shape index (κ3) is 2.49. The van der Waals surface area contributed by atoms with Gasteiger partial charge < -0.3 is 15.0 Å². The first-order valence-electron chi connectivity index (χ1n) is 9.28. The molecular weight excluding hydrogens is 356 g/mol. The molecule has 5 rings (SSSR count). The van der Waals surface area contributed by atoms with Crippen LogP contribution in [0.5, 0.6) is 5.75 Å². The molecule has 28 heavy (non-hydrogen) atoms. The van der Waals surface area contributed by atoms with Gasteiger partial charge in [0.05, 0.1) is 28.0 Å². The zero-order chi connectivity index (χ0) is 19.4. The maximum atomic E-state index is 12.9. The van der Waals surface area contributed by atoms with Gasteiger partial charge >= 0.3 is 0 Å². The van der Waals surface area contributed by atoms with Gasteiger partial charge in [-0.05, 0) is 32.0 Å². The summed E-state index contributed by atoms with van der Waals surface area (Å²) in [6.07, 6.45) is 6.18. The second kappa shape index (κ2) is 6.13. The zero-order valence-electron chi connectivity index (χ0n) is 15.7. The van der Waals surface area contributed by atoms with Crippen LogP contribution in [0.25, 0.3) is 33.2 Å². The molecule has 0 spiro atoms. The number of hydrogen-bond acceptors (Lipinski definition) is 6. The van der Waals surface area contributed by atoms with Gasteiger partial charge in [0.1, 0.15) is 5.75 Å². The Balaban J connectivity index is 1.66. The highest BCUT2D eigenvalue weighted by atomic mass is 16.3. The van der Waals surface area contributed by atoms with E-state index in [9.17, 15) is 9.90 Å². The van der Waals surface area contributed by atoms with E-state index >= 15 is 0 Å². The van der Waals surface area contributed by atoms with Crippen LogP contribution in [-0.4, -0.2) is 42.5 Å². The first-order chi connectivity index (χ1) is 13.5. The molecule has 4 heterocycles. The van der Waals surface area contributed by atoms with Crippen LogP contribution < -0.4 is 10.9 Å². The summed E-state index contributed by atoms with van der Waals surface area (Å²) in [4.78, 5) is 21.8. The quantitative estimate of drug-likeness (QED) is 0.554. The van der Waals surface area contributed by atoms with Crippen molar-refractivity contribution in [3.8, 4) is 17.1 Å². The van der Waals surface area contributed by atoms with Gasteiger partial charge in [-0.25, -0.2) is 9.97 Å². The average Bonchev–Trinajstić information content (AvgIpc) is 3.34. The molecule has 0 saturated carbocycles. The summed E-state index contributed by atoms with van der Waals surface area (Å²) in [7, 11) is 1.84. The highest BCUT2D eigenvalue weighted by molar-refractivity contribution is 5.90. The highest BCUT2D eigenvalue weighted by Crippen LogP contribution is 2.35. The lowest BCUT2D eigenvalue weighted by atomic mass is 10.1. The fourth-order valence-electron chi connectivity index (χ4n) is 3.95. The third-order valence-corrected chi connectivity index (χ3v) is 5.47. The summed E-state index contributed by atoms with van der Waals surface area (Å²) in [5.74, 6) is 0.495. The molecule has 8 heteroatoms. The van der Waals surface area contributed by atoms with Crippen molar-refractivity contribution >= 4 is 21.8 Å². The number of nitrogens with one attached hydrogen (secondary N) is 1. The molecule has 1 aliphatic rings. The van der Waals surface area contributed by atoms with Gasteiger partial charge in [-0.3, -0.25) is 9.48 Å². The molecule has 0 bridgehead atoms. The van der Waals surface area contributed by atoms with E-state index in [4.69, 9.17) is 0 Å². The number of aromatic hydroxyl groups is 1. The Bertz CT molecular complexity index is 1280. The van der Waals surface area contributed by atoms with Crippen molar-refractivity contribution < 1.29 is 5.11 Å².